The van der Waals surface area contributed by atoms with Gasteiger partial charge in [0, 0.05) is 6.42 Å². The topological polar surface area (TPSA) is 69.7 Å². The molecule has 6 heteroatoms. The lowest BCUT2D eigenvalue weighted by molar-refractivity contribution is -0.143. The molecule has 0 unspecified atom stereocenters. The van der Waals surface area contributed by atoms with Gasteiger partial charge in [-0.25, -0.2) is 0 Å². The third-order valence-corrected chi connectivity index (χ3v) is 4.06. The van der Waals surface area contributed by atoms with Crippen LogP contribution < -0.4 is 4.18 Å². The Morgan fingerprint density at radius 1 is 1.29 bits per heavy atom. The number of hydrogen-bond donors (Lipinski definition) is 0. The van der Waals surface area contributed by atoms with E-state index in [0.29, 0.717) is 18.3 Å². The van der Waals surface area contributed by atoms with Gasteiger partial charge in [-0.2, -0.15) is 8.42 Å². The molecule has 0 saturated heterocycles. The first-order valence-corrected chi connectivity index (χ1v) is 8.59. The van der Waals surface area contributed by atoms with E-state index < -0.39 is 16.1 Å². The van der Waals surface area contributed by atoms with E-state index in [1.165, 1.54) is 0 Å². The molecule has 1 aromatic rings. The second kappa shape index (κ2) is 8.02. The minimum atomic E-state index is -3.70. The van der Waals surface area contributed by atoms with E-state index >= 15 is 0 Å². The van der Waals surface area contributed by atoms with Crippen molar-refractivity contribution in [3.63, 3.8) is 0 Å². The zero-order chi connectivity index (χ0) is 15.9. The highest BCUT2D eigenvalue weighted by Gasteiger charge is 2.15. The molecule has 0 heterocycles. The van der Waals surface area contributed by atoms with Crippen molar-refractivity contribution in [2.24, 2.45) is 0 Å². The lowest BCUT2D eigenvalue weighted by atomic mass is 10.0. The van der Waals surface area contributed by atoms with Gasteiger partial charge in [-0.05, 0) is 37.0 Å². The third kappa shape index (κ3) is 6.62. The summed E-state index contributed by atoms with van der Waals surface area (Å²) in [4.78, 5) is 11.1. The molecule has 118 valence electrons. The van der Waals surface area contributed by atoms with Crippen LogP contribution in [0.25, 0.3) is 0 Å². The number of rotatable bonds is 8. The molecule has 0 aromatic heterocycles. The Morgan fingerprint density at radius 3 is 2.62 bits per heavy atom. The van der Waals surface area contributed by atoms with Gasteiger partial charge in [-0.15, -0.1) is 0 Å². The fourth-order valence-electron chi connectivity index (χ4n) is 1.74. The van der Waals surface area contributed by atoms with E-state index in [2.05, 4.69) is 0 Å². The SMILES string of the molecule is CCOC(=O)CCCS(=O)(=O)Oc1cccc(C(C)C)c1. The molecule has 1 rings (SSSR count). The molecule has 0 aliphatic heterocycles. The smallest absolute Gasteiger partial charge is 0.309 e. The number of carbonyl (C=O) groups excluding carboxylic acids is 1. The van der Waals surface area contributed by atoms with Gasteiger partial charge < -0.3 is 8.92 Å². The van der Waals surface area contributed by atoms with Crippen molar-refractivity contribution in [1.29, 1.82) is 0 Å². The van der Waals surface area contributed by atoms with Crippen LogP contribution in [0.1, 0.15) is 45.1 Å². The van der Waals surface area contributed by atoms with Crippen LogP contribution in [0, 0.1) is 0 Å². The Bertz CT molecular complexity index is 563. The van der Waals surface area contributed by atoms with Crippen LogP contribution in [0.2, 0.25) is 0 Å². The van der Waals surface area contributed by atoms with Gasteiger partial charge in [0.05, 0.1) is 12.4 Å². The van der Waals surface area contributed by atoms with E-state index in [4.69, 9.17) is 8.92 Å². The molecule has 0 bridgehead atoms. The van der Waals surface area contributed by atoms with Crippen LogP contribution in [-0.4, -0.2) is 26.7 Å². The minimum absolute atomic E-state index is 0.0719. The second-order valence-electron chi connectivity index (χ2n) is 4.98. The molecule has 1 aromatic carbocycles. The van der Waals surface area contributed by atoms with Gasteiger partial charge in [0.1, 0.15) is 5.75 Å². The van der Waals surface area contributed by atoms with Crippen molar-refractivity contribution in [2.75, 3.05) is 12.4 Å². The Kier molecular flexibility index (Phi) is 6.68. The first kappa shape index (κ1) is 17.5. The largest absolute Gasteiger partial charge is 0.466 e. The van der Waals surface area contributed by atoms with Gasteiger partial charge in [0.15, 0.2) is 0 Å². The first-order chi connectivity index (χ1) is 9.84. The highest BCUT2D eigenvalue weighted by atomic mass is 32.2. The quantitative estimate of drug-likeness (QED) is 0.545. The summed E-state index contributed by atoms with van der Waals surface area (Å²) in [6.07, 6.45) is 0.257. The molecule has 5 nitrogen and oxygen atoms in total. The van der Waals surface area contributed by atoms with E-state index in [0.717, 1.165) is 5.56 Å². The third-order valence-electron chi connectivity index (χ3n) is 2.83. The fraction of sp³-hybridized carbons (Fsp3) is 0.533. The van der Waals surface area contributed by atoms with E-state index in [-0.39, 0.29) is 18.6 Å². The summed E-state index contributed by atoms with van der Waals surface area (Å²) in [5.74, 6) is -0.00975. The van der Waals surface area contributed by atoms with Crippen molar-refractivity contribution in [3.8, 4) is 5.75 Å². The minimum Gasteiger partial charge on any atom is -0.466 e. The zero-order valence-corrected chi connectivity index (χ0v) is 13.5. The first-order valence-electron chi connectivity index (χ1n) is 7.02. The highest BCUT2D eigenvalue weighted by Crippen LogP contribution is 2.21. The van der Waals surface area contributed by atoms with Crippen LogP contribution in [0.3, 0.4) is 0 Å². The molecule has 0 radical (unpaired) electrons. The Balaban J connectivity index is 2.56. The number of ether oxygens (including phenoxy) is 1. The van der Waals surface area contributed by atoms with Gasteiger partial charge in [0.25, 0.3) is 0 Å². The van der Waals surface area contributed by atoms with E-state index in [9.17, 15) is 13.2 Å². The van der Waals surface area contributed by atoms with E-state index in [1.54, 1.807) is 25.1 Å². The van der Waals surface area contributed by atoms with Crippen LogP contribution in [0.5, 0.6) is 5.75 Å². The molecular weight excluding hydrogens is 292 g/mol. The summed E-state index contributed by atoms with van der Waals surface area (Å²) in [6, 6.07) is 7.01. The lowest BCUT2D eigenvalue weighted by Crippen LogP contribution is -2.15. The summed E-state index contributed by atoms with van der Waals surface area (Å²) in [6.45, 7) is 6.05. The van der Waals surface area contributed by atoms with Crippen molar-refractivity contribution in [1.82, 2.24) is 0 Å². The number of hydrogen-bond acceptors (Lipinski definition) is 5. The standard InChI is InChI=1S/C15H22O5S/c1-4-19-15(16)9-6-10-21(17,18)20-14-8-5-7-13(11-14)12(2)3/h5,7-8,11-12H,4,6,9-10H2,1-3H3. The second-order valence-corrected chi connectivity index (χ2v) is 6.67. The maximum atomic E-state index is 11.8. The predicted molar refractivity (Wildman–Crippen MR) is 80.8 cm³/mol. The summed E-state index contributed by atoms with van der Waals surface area (Å²) in [7, 11) is -3.70. The average molecular weight is 314 g/mol. The fourth-order valence-corrected chi connectivity index (χ4v) is 2.72. The average Bonchev–Trinajstić information content (AvgIpc) is 2.38. The molecule has 0 aliphatic carbocycles. The number of benzene rings is 1. The van der Waals surface area contributed by atoms with Crippen LogP contribution in [0.15, 0.2) is 24.3 Å². The van der Waals surface area contributed by atoms with Crippen LogP contribution >= 0.6 is 0 Å². The molecule has 21 heavy (non-hydrogen) atoms. The summed E-state index contributed by atoms with van der Waals surface area (Å²) in [5, 5.41) is 0. The van der Waals surface area contributed by atoms with Gasteiger partial charge in [-0.3, -0.25) is 4.79 Å². The maximum absolute atomic E-state index is 11.8. The summed E-state index contributed by atoms with van der Waals surface area (Å²) < 4.78 is 33.5. The Morgan fingerprint density at radius 2 is 2.00 bits per heavy atom. The normalized spacial score (nSPS) is 11.4. The van der Waals surface area contributed by atoms with Gasteiger partial charge in [0.2, 0.25) is 0 Å². The monoisotopic (exact) mass is 314 g/mol. The van der Waals surface area contributed by atoms with Crippen LogP contribution in [0.4, 0.5) is 0 Å². The molecule has 0 atom stereocenters. The molecule has 0 amide bonds. The van der Waals surface area contributed by atoms with Crippen molar-refractivity contribution in [3.05, 3.63) is 29.8 Å². The molecule has 0 spiro atoms. The molecule has 0 aliphatic rings. The highest BCUT2D eigenvalue weighted by molar-refractivity contribution is 7.87. The Hall–Kier alpha value is -1.56. The molecule has 0 fully saturated rings. The van der Waals surface area contributed by atoms with Crippen molar-refractivity contribution < 1.29 is 22.1 Å². The number of esters is 1. The summed E-state index contributed by atoms with van der Waals surface area (Å²) >= 11 is 0. The maximum Gasteiger partial charge on any atom is 0.309 e. The zero-order valence-electron chi connectivity index (χ0n) is 12.7. The van der Waals surface area contributed by atoms with Crippen molar-refractivity contribution >= 4 is 16.1 Å². The molecule has 0 saturated carbocycles. The number of carbonyl (C=O) groups is 1. The summed E-state index contributed by atoms with van der Waals surface area (Å²) in [5.41, 5.74) is 1.01. The Labute approximate surface area is 126 Å². The van der Waals surface area contributed by atoms with Crippen molar-refractivity contribution in [2.45, 2.75) is 39.5 Å². The lowest BCUT2D eigenvalue weighted by Gasteiger charge is -2.10. The predicted octanol–water partition coefficient (Wildman–Crippen LogP) is 2.86. The molecular formula is C15H22O5S. The van der Waals surface area contributed by atoms with Gasteiger partial charge in [-0.1, -0.05) is 26.0 Å². The van der Waals surface area contributed by atoms with E-state index in [1.807, 2.05) is 19.9 Å². The van der Waals surface area contributed by atoms with Crippen LogP contribution in [-0.2, 0) is 19.6 Å². The molecule has 0 N–H and O–H groups in total. The van der Waals surface area contributed by atoms with Gasteiger partial charge >= 0.3 is 16.1 Å².